The van der Waals surface area contributed by atoms with E-state index in [1.807, 2.05) is 12.3 Å². The van der Waals surface area contributed by atoms with Gasteiger partial charge in [-0.1, -0.05) is 0 Å². The van der Waals surface area contributed by atoms with Gasteiger partial charge in [0.15, 0.2) is 5.82 Å². The Hall–Kier alpha value is -2.59. The van der Waals surface area contributed by atoms with Crippen molar-refractivity contribution in [1.29, 1.82) is 0 Å². The van der Waals surface area contributed by atoms with Crippen molar-refractivity contribution >= 4 is 35.1 Å². The molecule has 0 bridgehead atoms. The molecule has 10 heteroatoms. The van der Waals surface area contributed by atoms with Gasteiger partial charge in [0.1, 0.15) is 11.3 Å². The van der Waals surface area contributed by atoms with Crippen LogP contribution in [0.1, 0.15) is 0 Å². The Kier molecular flexibility index (Phi) is 7.31. The van der Waals surface area contributed by atoms with Crippen molar-refractivity contribution in [3.63, 3.8) is 0 Å². The van der Waals surface area contributed by atoms with Gasteiger partial charge in [-0.15, -0.1) is 12.4 Å². The number of likely N-dealkylation sites (N-methyl/N-ethyl adjacent to an activating group) is 1. The summed E-state index contributed by atoms with van der Waals surface area (Å²) in [4.78, 5) is 23.2. The van der Waals surface area contributed by atoms with Crippen LogP contribution in [0, 0.1) is 0 Å². The highest BCUT2D eigenvalue weighted by Gasteiger charge is 2.19. The number of halogens is 1. The van der Waals surface area contributed by atoms with Gasteiger partial charge in [0.05, 0.1) is 24.4 Å². The lowest BCUT2D eigenvalue weighted by Crippen LogP contribution is -2.52. The minimum Gasteiger partial charge on any atom is -0.378 e. The minimum absolute atomic E-state index is 0. The first-order valence-corrected chi connectivity index (χ1v) is 10.8. The molecule has 0 aliphatic carbocycles. The van der Waals surface area contributed by atoms with Gasteiger partial charge in [0.25, 0.3) is 0 Å². The molecule has 3 aromatic heterocycles. The van der Waals surface area contributed by atoms with Crippen molar-refractivity contribution in [3.05, 3.63) is 36.8 Å². The van der Waals surface area contributed by atoms with Crippen molar-refractivity contribution in [2.24, 2.45) is 0 Å². The van der Waals surface area contributed by atoms with Gasteiger partial charge in [0.2, 0.25) is 0 Å². The molecule has 9 nitrogen and oxygen atoms in total. The Labute approximate surface area is 194 Å². The SMILES string of the molecule is CN1CCNC[C@H]1CNc1nc(-c2ccc(N3CCOCC3)nc2)cc2nccnc12.Cl. The molecule has 2 fully saturated rings. The molecule has 0 aromatic carbocycles. The molecular weight excluding hydrogens is 428 g/mol. The van der Waals surface area contributed by atoms with Crippen molar-refractivity contribution < 1.29 is 4.74 Å². The summed E-state index contributed by atoms with van der Waals surface area (Å²) in [6.07, 6.45) is 5.31. The molecule has 5 rings (SSSR count). The second-order valence-corrected chi connectivity index (χ2v) is 8.00. The maximum atomic E-state index is 5.44. The summed E-state index contributed by atoms with van der Waals surface area (Å²) in [7, 11) is 2.16. The van der Waals surface area contributed by atoms with Gasteiger partial charge >= 0.3 is 0 Å². The van der Waals surface area contributed by atoms with Crippen LogP contribution in [0.15, 0.2) is 36.8 Å². The Morgan fingerprint density at radius 2 is 1.97 bits per heavy atom. The first-order chi connectivity index (χ1) is 15.3. The zero-order chi connectivity index (χ0) is 21.0. The number of piperazine rings is 1. The fourth-order valence-electron chi connectivity index (χ4n) is 4.07. The van der Waals surface area contributed by atoms with Crippen molar-refractivity contribution in [3.8, 4) is 11.3 Å². The van der Waals surface area contributed by atoms with Crippen molar-refractivity contribution in [2.75, 3.05) is 69.7 Å². The molecule has 0 radical (unpaired) electrons. The van der Waals surface area contributed by atoms with E-state index in [4.69, 9.17) is 9.72 Å². The molecular formula is C22H29ClN8O. The van der Waals surface area contributed by atoms with E-state index in [1.54, 1.807) is 12.4 Å². The lowest BCUT2D eigenvalue weighted by molar-refractivity contribution is 0.122. The molecule has 3 aromatic rings. The molecule has 2 aliphatic rings. The number of hydrogen-bond acceptors (Lipinski definition) is 9. The molecule has 1 atom stereocenters. The van der Waals surface area contributed by atoms with E-state index in [1.165, 1.54) is 0 Å². The number of ether oxygens (including phenoxy) is 1. The largest absolute Gasteiger partial charge is 0.378 e. The van der Waals surface area contributed by atoms with Crippen LogP contribution in [0.25, 0.3) is 22.3 Å². The summed E-state index contributed by atoms with van der Waals surface area (Å²) in [5, 5.41) is 6.98. The number of morpholine rings is 1. The summed E-state index contributed by atoms with van der Waals surface area (Å²) in [6.45, 7) is 7.05. The minimum atomic E-state index is 0. The maximum Gasteiger partial charge on any atom is 0.154 e. The van der Waals surface area contributed by atoms with E-state index in [0.29, 0.717) is 6.04 Å². The zero-order valence-electron chi connectivity index (χ0n) is 18.2. The van der Waals surface area contributed by atoms with E-state index in [9.17, 15) is 0 Å². The standard InChI is InChI=1S/C22H28N8O.ClH/c1-29-7-6-23-14-17(29)15-27-22-21-19(24-4-5-25-21)12-18(28-22)16-2-3-20(26-13-16)30-8-10-31-11-9-30;/h2-5,12-13,17,23H,6-11,14-15H2,1H3,(H,27,28);1H/t17-;/m0./s1. The topological polar surface area (TPSA) is 91.3 Å². The average Bonchev–Trinajstić information content (AvgIpc) is 2.84. The third-order valence-corrected chi connectivity index (χ3v) is 5.98. The van der Waals surface area contributed by atoms with Crippen LogP contribution in [0.3, 0.4) is 0 Å². The van der Waals surface area contributed by atoms with Crippen molar-refractivity contribution in [1.82, 2.24) is 30.2 Å². The highest BCUT2D eigenvalue weighted by molar-refractivity contribution is 5.88. The maximum absolute atomic E-state index is 5.44. The molecule has 0 unspecified atom stereocenters. The summed E-state index contributed by atoms with van der Waals surface area (Å²) in [6, 6.07) is 6.51. The predicted molar refractivity (Wildman–Crippen MR) is 129 cm³/mol. The molecule has 5 heterocycles. The highest BCUT2D eigenvalue weighted by atomic mass is 35.5. The van der Waals surface area contributed by atoms with Crippen LogP contribution in [0.4, 0.5) is 11.6 Å². The van der Waals surface area contributed by atoms with Crippen LogP contribution in [-0.4, -0.2) is 90.4 Å². The number of rotatable bonds is 5. The number of nitrogens with one attached hydrogen (secondary N) is 2. The Morgan fingerprint density at radius 3 is 2.75 bits per heavy atom. The van der Waals surface area contributed by atoms with Gasteiger partial charge in [0, 0.05) is 69.5 Å². The molecule has 0 saturated carbocycles. The zero-order valence-corrected chi connectivity index (χ0v) is 19.0. The molecule has 2 saturated heterocycles. The van der Waals surface area contributed by atoms with Gasteiger partial charge in [-0.25, -0.2) is 15.0 Å². The van der Waals surface area contributed by atoms with E-state index in [0.717, 1.165) is 86.4 Å². The molecule has 0 spiro atoms. The normalized spacial score (nSPS) is 19.5. The first kappa shape index (κ1) is 22.6. The highest BCUT2D eigenvalue weighted by Crippen LogP contribution is 2.26. The quantitative estimate of drug-likeness (QED) is 0.594. The molecule has 32 heavy (non-hydrogen) atoms. The lowest BCUT2D eigenvalue weighted by atomic mass is 10.1. The van der Waals surface area contributed by atoms with E-state index < -0.39 is 0 Å². The van der Waals surface area contributed by atoms with Gasteiger partial charge < -0.3 is 20.3 Å². The monoisotopic (exact) mass is 456 g/mol. The molecule has 170 valence electrons. The van der Waals surface area contributed by atoms with E-state index in [-0.39, 0.29) is 12.4 Å². The number of fused-ring (bicyclic) bond motifs is 1. The Bertz CT molecular complexity index is 1030. The van der Waals surface area contributed by atoms with Gasteiger partial charge in [-0.2, -0.15) is 0 Å². The fraction of sp³-hybridized carbons (Fsp3) is 0.455. The van der Waals surface area contributed by atoms with E-state index in [2.05, 4.69) is 54.6 Å². The summed E-state index contributed by atoms with van der Waals surface area (Å²) in [5.74, 6) is 1.73. The summed E-state index contributed by atoms with van der Waals surface area (Å²) in [5.41, 5.74) is 3.41. The first-order valence-electron chi connectivity index (χ1n) is 10.8. The third-order valence-electron chi connectivity index (χ3n) is 5.98. The van der Waals surface area contributed by atoms with Gasteiger partial charge in [-0.05, 0) is 25.2 Å². The van der Waals surface area contributed by atoms with E-state index >= 15 is 0 Å². The number of pyridine rings is 2. The third kappa shape index (κ3) is 4.91. The number of anilines is 2. The predicted octanol–water partition coefficient (Wildman–Crippen LogP) is 1.66. The van der Waals surface area contributed by atoms with Crippen LogP contribution < -0.4 is 15.5 Å². The summed E-state index contributed by atoms with van der Waals surface area (Å²) >= 11 is 0. The molecule has 2 N–H and O–H groups in total. The van der Waals surface area contributed by atoms with Crippen LogP contribution >= 0.6 is 12.4 Å². The van der Waals surface area contributed by atoms with Crippen LogP contribution in [0.5, 0.6) is 0 Å². The Morgan fingerprint density at radius 1 is 1.12 bits per heavy atom. The van der Waals surface area contributed by atoms with Crippen LogP contribution in [0.2, 0.25) is 0 Å². The van der Waals surface area contributed by atoms with Crippen LogP contribution in [-0.2, 0) is 4.74 Å². The number of nitrogens with zero attached hydrogens (tertiary/aromatic N) is 6. The van der Waals surface area contributed by atoms with Crippen molar-refractivity contribution in [2.45, 2.75) is 6.04 Å². The smallest absolute Gasteiger partial charge is 0.154 e. The Balaban J connectivity index is 0.00000245. The molecule has 2 aliphatic heterocycles. The number of aromatic nitrogens is 4. The number of hydrogen-bond donors (Lipinski definition) is 2. The van der Waals surface area contributed by atoms with Gasteiger partial charge in [-0.3, -0.25) is 9.88 Å². The average molecular weight is 457 g/mol. The fourth-order valence-corrected chi connectivity index (χ4v) is 4.07. The summed E-state index contributed by atoms with van der Waals surface area (Å²) < 4.78 is 5.44. The molecule has 0 amide bonds. The second kappa shape index (κ2) is 10.4. The second-order valence-electron chi connectivity index (χ2n) is 8.00. The lowest BCUT2D eigenvalue weighted by Gasteiger charge is -2.33.